The number of hydrogen-bond acceptors (Lipinski definition) is 5. The van der Waals surface area contributed by atoms with Crippen molar-refractivity contribution in [2.45, 2.75) is 6.18 Å². The van der Waals surface area contributed by atoms with Gasteiger partial charge in [-0.2, -0.15) is 13.2 Å². The molecule has 0 spiro atoms. The number of halogens is 3. The monoisotopic (exact) mass is 239 g/mol. The van der Waals surface area contributed by atoms with Crippen molar-refractivity contribution in [3.8, 4) is 0 Å². The maximum absolute atomic E-state index is 12.2. The van der Waals surface area contributed by atoms with Crippen molar-refractivity contribution in [1.29, 1.82) is 0 Å². The third-order valence-corrected chi connectivity index (χ3v) is 2.41. The molecule has 0 saturated heterocycles. The van der Waals surface area contributed by atoms with E-state index in [4.69, 9.17) is 0 Å². The zero-order valence-corrected chi connectivity index (χ0v) is 8.11. The third-order valence-electron chi connectivity index (χ3n) is 1.38. The first-order chi connectivity index (χ1) is 6.90. The van der Waals surface area contributed by atoms with Gasteiger partial charge in [0.1, 0.15) is 4.88 Å². The van der Waals surface area contributed by atoms with E-state index < -0.39 is 27.7 Å². The Morgan fingerprint density at radius 2 is 2.13 bits per heavy atom. The highest BCUT2D eigenvalue weighted by Crippen LogP contribution is 2.33. The zero-order valence-electron chi connectivity index (χ0n) is 7.29. The number of methoxy groups -OCH3 is 1. The maximum Gasteiger partial charge on any atom is 0.443 e. The van der Waals surface area contributed by atoms with Crippen LogP contribution in [0.3, 0.4) is 0 Å². The second-order valence-electron chi connectivity index (χ2n) is 2.34. The van der Waals surface area contributed by atoms with Crippen molar-refractivity contribution in [3.63, 3.8) is 0 Å². The highest BCUT2D eigenvalue weighted by atomic mass is 32.1. The highest BCUT2D eigenvalue weighted by molar-refractivity contribution is 7.13. The topological polar surface area (TPSA) is 56.3 Å². The fraction of sp³-hybridized carbons (Fsp3) is 0.286. The van der Waals surface area contributed by atoms with Gasteiger partial charge in [-0.3, -0.25) is 4.79 Å². The number of esters is 1. The average molecular weight is 239 g/mol. The van der Waals surface area contributed by atoms with Gasteiger partial charge in [-0.05, 0) is 0 Å². The largest absolute Gasteiger partial charge is 0.464 e. The van der Waals surface area contributed by atoms with E-state index in [9.17, 15) is 22.8 Å². The van der Waals surface area contributed by atoms with Crippen molar-refractivity contribution in [1.82, 2.24) is 4.98 Å². The molecule has 0 fully saturated rings. The number of rotatable bonds is 2. The van der Waals surface area contributed by atoms with Crippen LogP contribution in [0.1, 0.15) is 25.2 Å². The molecular weight excluding hydrogens is 235 g/mol. The maximum atomic E-state index is 12.2. The van der Waals surface area contributed by atoms with Crippen LogP contribution in [0.2, 0.25) is 0 Å². The normalized spacial score (nSPS) is 11.2. The van der Waals surface area contributed by atoms with Crippen LogP contribution in [0, 0.1) is 0 Å². The fourth-order valence-electron chi connectivity index (χ4n) is 0.776. The Bertz CT molecular complexity index is 399. The van der Waals surface area contributed by atoms with Gasteiger partial charge in [0.2, 0.25) is 0 Å². The molecule has 0 N–H and O–H groups in total. The van der Waals surface area contributed by atoms with E-state index in [1.165, 1.54) is 0 Å². The van der Waals surface area contributed by atoms with Crippen LogP contribution in [-0.2, 0) is 10.9 Å². The van der Waals surface area contributed by atoms with Gasteiger partial charge in [0, 0.05) is 0 Å². The number of alkyl halides is 3. The molecule has 1 aromatic rings. The lowest BCUT2D eigenvalue weighted by atomic mass is 10.4. The molecule has 0 radical (unpaired) electrons. The smallest absolute Gasteiger partial charge is 0.443 e. The molecule has 1 rings (SSSR count). The van der Waals surface area contributed by atoms with Crippen LogP contribution in [0.25, 0.3) is 0 Å². The first-order valence-electron chi connectivity index (χ1n) is 3.51. The summed E-state index contributed by atoms with van der Waals surface area (Å²) >= 11 is 0.105. The summed E-state index contributed by atoms with van der Waals surface area (Å²) in [7, 11) is 0.990. The van der Waals surface area contributed by atoms with Crippen LogP contribution >= 0.6 is 11.3 Å². The lowest BCUT2D eigenvalue weighted by molar-refractivity contribution is -0.137. The number of aromatic nitrogens is 1. The van der Waals surface area contributed by atoms with Gasteiger partial charge in [0.15, 0.2) is 17.0 Å². The number of nitrogens with zero attached hydrogens (tertiary/aromatic N) is 1. The SMILES string of the molecule is COC(=O)c1nc(C(F)(F)F)sc1C=O. The summed E-state index contributed by atoms with van der Waals surface area (Å²) < 4.78 is 40.7. The molecule has 82 valence electrons. The Kier molecular flexibility index (Phi) is 3.08. The van der Waals surface area contributed by atoms with E-state index in [0.717, 1.165) is 7.11 Å². The van der Waals surface area contributed by atoms with Crippen molar-refractivity contribution in [3.05, 3.63) is 15.6 Å². The molecule has 0 aliphatic carbocycles. The van der Waals surface area contributed by atoms with Gasteiger partial charge < -0.3 is 4.74 Å². The molecule has 1 heterocycles. The fourth-order valence-corrected chi connectivity index (χ4v) is 1.51. The molecule has 0 bridgehead atoms. The molecule has 0 aliphatic rings. The van der Waals surface area contributed by atoms with E-state index in [2.05, 4.69) is 9.72 Å². The van der Waals surface area contributed by atoms with Gasteiger partial charge in [-0.25, -0.2) is 9.78 Å². The Labute approximate surface area is 85.7 Å². The summed E-state index contributed by atoms with van der Waals surface area (Å²) in [5.41, 5.74) is -0.607. The standard InChI is InChI=1S/C7H4F3NO3S/c1-14-5(13)4-3(2-12)15-6(11-4)7(8,9)10/h2H,1H3. The van der Waals surface area contributed by atoms with E-state index in [1.54, 1.807) is 0 Å². The summed E-state index contributed by atoms with van der Waals surface area (Å²) in [5.74, 6) is -1.07. The van der Waals surface area contributed by atoms with Crippen LogP contribution in [0.4, 0.5) is 13.2 Å². The first-order valence-corrected chi connectivity index (χ1v) is 4.33. The Balaban J connectivity index is 3.23. The molecule has 1 aromatic heterocycles. The molecule has 0 atom stereocenters. The first kappa shape index (κ1) is 11.6. The Morgan fingerprint density at radius 3 is 2.53 bits per heavy atom. The summed E-state index contributed by atoms with van der Waals surface area (Å²) in [5, 5.41) is -1.25. The third kappa shape index (κ3) is 2.32. The molecule has 0 amide bonds. The minimum atomic E-state index is -4.67. The van der Waals surface area contributed by atoms with Crippen LogP contribution in [0.15, 0.2) is 0 Å². The molecule has 4 nitrogen and oxygen atoms in total. The van der Waals surface area contributed by atoms with E-state index in [1.807, 2.05) is 0 Å². The van der Waals surface area contributed by atoms with E-state index >= 15 is 0 Å². The van der Waals surface area contributed by atoms with Gasteiger partial charge in [-0.15, -0.1) is 11.3 Å². The number of aldehydes is 1. The number of carbonyl (C=O) groups excluding carboxylic acids is 2. The predicted molar refractivity (Wildman–Crippen MR) is 43.8 cm³/mol. The quantitative estimate of drug-likeness (QED) is 0.583. The van der Waals surface area contributed by atoms with Crippen molar-refractivity contribution in [2.24, 2.45) is 0 Å². The zero-order chi connectivity index (χ0) is 11.6. The van der Waals surface area contributed by atoms with Crippen LogP contribution in [0.5, 0.6) is 0 Å². The van der Waals surface area contributed by atoms with Gasteiger partial charge in [0.25, 0.3) is 0 Å². The second-order valence-corrected chi connectivity index (χ2v) is 3.37. The highest BCUT2D eigenvalue weighted by Gasteiger charge is 2.37. The van der Waals surface area contributed by atoms with Crippen molar-refractivity contribution >= 4 is 23.6 Å². The Morgan fingerprint density at radius 1 is 1.53 bits per heavy atom. The van der Waals surface area contributed by atoms with Crippen molar-refractivity contribution in [2.75, 3.05) is 7.11 Å². The summed E-state index contributed by atoms with van der Waals surface area (Å²) in [4.78, 5) is 23.9. The molecule has 15 heavy (non-hydrogen) atoms. The van der Waals surface area contributed by atoms with Crippen molar-refractivity contribution < 1.29 is 27.5 Å². The minimum Gasteiger partial charge on any atom is -0.464 e. The molecule has 0 unspecified atom stereocenters. The average Bonchev–Trinajstić information content (AvgIpc) is 2.59. The lowest BCUT2D eigenvalue weighted by Crippen LogP contribution is -2.07. The van der Waals surface area contributed by atoms with E-state index in [0.29, 0.717) is 0 Å². The predicted octanol–water partition coefficient (Wildman–Crippen LogP) is 1.76. The van der Waals surface area contributed by atoms with Crippen LogP contribution < -0.4 is 0 Å². The Hall–Kier alpha value is -1.44. The summed E-state index contributed by atoms with van der Waals surface area (Å²) in [6.45, 7) is 0. The van der Waals surface area contributed by atoms with Crippen LogP contribution in [-0.4, -0.2) is 24.3 Å². The molecule has 0 saturated carbocycles. The molecule has 8 heteroatoms. The summed E-state index contributed by atoms with van der Waals surface area (Å²) in [6, 6.07) is 0. The number of carbonyl (C=O) groups is 2. The molecule has 0 aliphatic heterocycles. The lowest BCUT2D eigenvalue weighted by Gasteiger charge is -1.98. The van der Waals surface area contributed by atoms with Gasteiger partial charge in [0.05, 0.1) is 7.11 Å². The number of hydrogen-bond donors (Lipinski definition) is 0. The molecule has 0 aromatic carbocycles. The molecular formula is C7H4F3NO3S. The van der Waals surface area contributed by atoms with E-state index in [-0.39, 0.29) is 17.6 Å². The van der Waals surface area contributed by atoms with Gasteiger partial charge >= 0.3 is 12.1 Å². The number of thiazole rings is 1. The van der Waals surface area contributed by atoms with Gasteiger partial charge in [-0.1, -0.05) is 0 Å². The number of ether oxygens (including phenoxy) is 1. The second kappa shape index (κ2) is 3.97. The minimum absolute atomic E-state index is 0.105. The summed E-state index contributed by atoms with van der Waals surface area (Å²) in [6.07, 6.45) is -4.53.